The summed E-state index contributed by atoms with van der Waals surface area (Å²) in [6, 6.07) is 27.7. The van der Waals surface area contributed by atoms with Gasteiger partial charge in [0.15, 0.2) is 5.43 Å². The fourth-order valence-electron chi connectivity index (χ4n) is 4.04. The van der Waals surface area contributed by atoms with Crippen LogP contribution in [0, 0.1) is 10.1 Å². The number of aromatic nitrogens is 1. The second-order valence-electron chi connectivity index (χ2n) is 7.41. The number of non-ortho nitro benzene ring substituents is 1. The maximum absolute atomic E-state index is 13.8. The minimum absolute atomic E-state index is 0.00490. The first-order valence-corrected chi connectivity index (χ1v) is 11.0. The Morgan fingerprint density at radius 2 is 1.53 bits per heavy atom. The van der Waals surface area contributed by atoms with Crippen LogP contribution in [0.5, 0.6) is 0 Å². The molecule has 0 saturated heterocycles. The van der Waals surface area contributed by atoms with E-state index < -0.39 is 4.92 Å². The Bertz CT molecular complexity index is 1470. The summed E-state index contributed by atoms with van der Waals surface area (Å²) in [6.07, 6.45) is 0. The number of hydrogen-bond donors (Lipinski definition) is 0. The van der Waals surface area contributed by atoms with Crippen molar-refractivity contribution in [3.63, 3.8) is 0 Å². The van der Waals surface area contributed by atoms with Crippen molar-refractivity contribution in [3.05, 3.63) is 122 Å². The number of hydrogen-bond acceptors (Lipinski definition) is 4. The van der Waals surface area contributed by atoms with E-state index in [1.807, 2.05) is 66.0 Å². The number of nitrogens with zero attached hydrogens (tertiary/aromatic N) is 2. The van der Waals surface area contributed by atoms with Crippen LogP contribution in [-0.4, -0.2) is 9.49 Å². The molecular formula is C26H18N2O3S. The molecule has 5 rings (SSSR count). The first-order chi connectivity index (χ1) is 15.6. The van der Waals surface area contributed by atoms with Crippen LogP contribution in [0.25, 0.3) is 33.3 Å². The highest BCUT2D eigenvalue weighted by molar-refractivity contribution is 7.09. The average molecular weight is 439 g/mol. The normalized spacial score (nSPS) is 11.0. The highest BCUT2D eigenvalue weighted by Crippen LogP contribution is 2.34. The molecule has 3 aromatic carbocycles. The zero-order chi connectivity index (χ0) is 22.1. The minimum Gasteiger partial charge on any atom is -0.334 e. The van der Waals surface area contributed by atoms with Gasteiger partial charge in [-0.1, -0.05) is 48.5 Å². The molecule has 156 valence electrons. The van der Waals surface area contributed by atoms with Crippen LogP contribution in [-0.2, 0) is 6.54 Å². The second-order valence-corrected chi connectivity index (χ2v) is 8.44. The van der Waals surface area contributed by atoms with E-state index in [-0.39, 0.29) is 11.1 Å². The average Bonchev–Trinajstić information content (AvgIpc) is 3.34. The zero-order valence-corrected chi connectivity index (χ0v) is 17.8. The van der Waals surface area contributed by atoms with Crippen molar-refractivity contribution in [2.24, 2.45) is 0 Å². The molecule has 0 bridgehead atoms. The van der Waals surface area contributed by atoms with E-state index in [0.29, 0.717) is 23.1 Å². The molecule has 0 saturated carbocycles. The monoisotopic (exact) mass is 438 g/mol. The van der Waals surface area contributed by atoms with Crippen LogP contribution in [0.15, 0.2) is 101 Å². The van der Waals surface area contributed by atoms with Crippen molar-refractivity contribution < 1.29 is 4.92 Å². The quantitative estimate of drug-likeness (QED) is 0.237. The summed E-state index contributed by atoms with van der Waals surface area (Å²) in [4.78, 5) is 25.6. The SMILES string of the molecule is O=c1c(-c2ccc([N+](=O)[O-])cc2)c(-c2ccccc2)n(Cc2cccs2)c2ccccc12. The van der Waals surface area contributed by atoms with E-state index in [2.05, 4.69) is 10.6 Å². The van der Waals surface area contributed by atoms with Crippen molar-refractivity contribution in [3.8, 4) is 22.4 Å². The molecule has 0 fully saturated rings. The summed E-state index contributed by atoms with van der Waals surface area (Å²) in [5, 5.41) is 13.8. The number of thiophene rings is 1. The number of nitro benzene ring substituents is 1. The number of pyridine rings is 1. The summed E-state index contributed by atoms with van der Waals surface area (Å²) in [6.45, 7) is 0.614. The predicted octanol–water partition coefficient (Wildman–Crippen LogP) is 6.35. The summed E-state index contributed by atoms with van der Waals surface area (Å²) in [5.74, 6) is 0. The largest absolute Gasteiger partial charge is 0.334 e. The van der Waals surface area contributed by atoms with Gasteiger partial charge in [-0.25, -0.2) is 0 Å². The minimum atomic E-state index is -0.433. The highest BCUT2D eigenvalue weighted by Gasteiger charge is 2.20. The molecule has 0 aliphatic heterocycles. The number of para-hydroxylation sites is 1. The van der Waals surface area contributed by atoms with E-state index in [1.165, 1.54) is 17.0 Å². The van der Waals surface area contributed by atoms with Crippen LogP contribution in [0.2, 0.25) is 0 Å². The van der Waals surface area contributed by atoms with Crippen molar-refractivity contribution in [2.45, 2.75) is 6.54 Å². The lowest BCUT2D eigenvalue weighted by Crippen LogP contribution is -2.16. The lowest BCUT2D eigenvalue weighted by atomic mass is 9.95. The van der Waals surface area contributed by atoms with Gasteiger partial charge in [-0.3, -0.25) is 14.9 Å². The van der Waals surface area contributed by atoms with E-state index >= 15 is 0 Å². The molecule has 5 nitrogen and oxygen atoms in total. The third kappa shape index (κ3) is 3.50. The third-order valence-corrected chi connectivity index (χ3v) is 6.34. The van der Waals surface area contributed by atoms with Gasteiger partial charge >= 0.3 is 0 Å². The number of benzene rings is 3. The molecule has 0 aliphatic carbocycles. The van der Waals surface area contributed by atoms with Gasteiger partial charge in [-0.15, -0.1) is 11.3 Å². The lowest BCUT2D eigenvalue weighted by Gasteiger charge is -2.21. The summed E-state index contributed by atoms with van der Waals surface area (Å²) in [7, 11) is 0. The molecule has 0 aliphatic rings. The lowest BCUT2D eigenvalue weighted by molar-refractivity contribution is -0.384. The van der Waals surface area contributed by atoms with E-state index in [0.717, 1.165) is 16.8 Å². The summed E-state index contributed by atoms with van der Waals surface area (Å²) < 4.78 is 2.18. The van der Waals surface area contributed by atoms with Crippen molar-refractivity contribution in [2.75, 3.05) is 0 Å². The maximum atomic E-state index is 13.8. The fourth-order valence-corrected chi connectivity index (χ4v) is 4.73. The Morgan fingerprint density at radius 3 is 2.22 bits per heavy atom. The molecule has 0 spiro atoms. The van der Waals surface area contributed by atoms with Crippen molar-refractivity contribution >= 4 is 27.9 Å². The molecular weight excluding hydrogens is 420 g/mol. The van der Waals surface area contributed by atoms with Gasteiger partial charge in [0.1, 0.15) is 0 Å². The van der Waals surface area contributed by atoms with Gasteiger partial charge in [0, 0.05) is 22.4 Å². The Balaban J connectivity index is 1.89. The van der Waals surface area contributed by atoms with Crippen molar-refractivity contribution in [1.82, 2.24) is 4.57 Å². The van der Waals surface area contributed by atoms with Crippen LogP contribution in [0.1, 0.15) is 4.88 Å². The molecule has 0 N–H and O–H groups in total. The Morgan fingerprint density at radius 1 is 0.812 bits per heavy atom. The topological polar surface area (TPSA) is 65.1 Å². The number of fused-ring (bicyclic) bond motifs is 1. The Hall–Kier alpha value is -4.03. The second kappa shape index (κ2) is 8.24. The van der Waals surface area contributed by atoms with Crippen LogP contribution >= 0.6 is 11.3 Å². The molecule has 0 radical (unpaired) electrons. The van der Waals surface area contributed by atoms with Crippen LogP contribution in [0.4, 0.5) is 5.69 Å². The first-order valence-electron chi connectivity index (χ1n) is 10.1. The maximum Gasteiger partial charge on any atom is 0.269 e. The number of nitro groups is 1. The Labute approximate surface area is 188 Å². The van der Waals surface area contributed by atoms with E-state index in [4.69, 9.17) is 0 Å². The first kappa shape index (κ1) is 19.9. The molecule has 5 aromatic rings. The summed E-state index contributed by atoms with van der Waals surface area (Å²) in [5.41, 5.74) is 3.68. The van der Waals surface area contributed by atoms with Gasteiger partial charge < -0.3 is 4.57 Å². The molecule has 6 heteroatoms. The van der Waals surface area contributed by atoms with Crippen molar-refractivity contribution in [1.29, 1.82) is 0 Å². The highest BCUT2D eigenvalue weighted by atomic mass is 32.1. The predicted molar refractivity (Wildman–Crippen MR) is 129 cm³/mol. The molecule has 0 atom stereocenters. The van der Waals surface area contributed by atoms with E-state index in [1.54, 1.807) is 23.5 Å². The molecule has 32 heavy (non-hydrogen) atoms. The zero-order valence-electron chi connectivity index (χ0n) is 17.0. The van der Waals surface area contributed by atoms with Gasteiger partial charge in [0.2, 0.25) is 0 Å². The standard InChI is InChI=1S/C26H18N2O3S/c29-26-22-10-4-5-11-23(22)27(17-21-9-6-16-32-21)25(19-7-2-1-3-8-19)24(26)18-12-14-20(15-13-18)28(30)31/h1-16H,17H2. The van der Waals surface area contributed by atoms with Crippen LogP contribution < -0.4 is 5.43 Å². The molecule has 0 unspecified atom stereocenters. The number of rotatable bonds is 5. The smallest absolute Gasteiger partial charge is 0.269 e. The van der Waals surface area contributed by atoms with E-state index in [9.17, 15) is 14.9 Å². The summed E-state index contributed by atoms with van der Waals surface area (Å²) >= 11 is 1.67. The third-order valence-electron chi connectivity index (χ3n) is 5.48. The van der Waals surface area contributed by atoms with Crippen LogP contribution in [0.3, 0.4) is 0 Å². The van der Waals surface area contributed by atoms with Gasteiger partial charge in [0.25, 0.3) is 5.69 Å². The van der Waals surface area contributed by atoms with Gasteiger partial charge in [0.05, 0.1) is 28.2 Å². The van der Waals surface area contributed by atoms with Gasteiger partial charge in [-0.2, -0.15) is 0 Å². The molecule has 0 amide bonds. The van der Waals surface area contributed by atoms with Gasteiger partial charge in [-0.05, 0) is 46.8 Å². The molecule has 2 heterocycles. The fraction of sp³-hybridized carbons (Fsp3) is 0.0385. The molecule has 2 aromatic heterocycles. The Kier molecular flexibility index (Phi) is 5.13.